The second-order valence-electron chi connectivity index (χ2n) is 8.63. The Bertz CT molecular complexity index is 1280. The zero-order chi connectivity index (χ0) is 27.0. The molecule has 1 atom stereocenters. The molecule has 37 heavy (non-hydrogen) atoms. The number of rotatable bonds is 14. The number of ether oxygens (including phenoxy) is 1. The number of benzene rings is 2. The van der Waals surface area contributed by atoms with Crippen LogP contribution in [0.25, 0.3) is 0 Å². The highest BCUT2D eigenvalue weighted by atomic mass is 35.5. The van der Waals surface area contributed by atoms with Crippen molar-refractivity contribution in [2.75, 3.05) is 13.7 Å². The van der Waals surface area contributed by atoms with E-state index < -0.39 is 22.0 Å². The van der Waals surface area contributed by atoms with Crippen molar-refractivity contribution in [3.63, 3.8) is 0 Å². The molecule has 1 unspecified atom stereocenters. The molecule has 0 amide bonds. The quantitative estimate of drug-likeness (QED) is 0.314. The summed E-state index contributed by atoms with van der Waals surface area (Å²) in [6.45, 7) is 2.03. The second kappa shape index (κ2) is 13.2. The van der Waals surface area contributed by atoms with Crippen molar-refractivity contribution < 1.29 is 28.2 Å². The zero-order valence-electron chi connectivity index (χ0n) is 20.9. The van der Waals surface area contributed by atoms with Crippen LogP contribution in [0.15, 0.2) is 59.5 Å². The van der Waals surface area contributed by atoms with E-state index in [1.165, 1.54) is 19.2 Å². The van der Waals surface area contributed by atoms with Crippen molar-refractivity contribution in [1.29, 1.82) is 0 Å². The van der Waals surface area contributed by atoms with Crippen LogP contribution in [-0.2, 0) is 45.7 Å². The first-order valence-electron chi connectivity index (χ1n) is 11.9. The van der Waals surface area contributed by atoms with Crippen LogP contribution in [0, 0.1) is 0 Å². The van der Waals surface area contributed by atoms with E-state index in [0.717, 1.165) is 34.1 Å². The van der Waals surface area contributed by atoms with Gasteiger partial charge in [0.15, 0.2) is 5.15 Å². The molecule has 0 fully saturated rings. The molecule has 2 aromatic carbocycles. The third kappa shape index (κ3) is 7.18. The van der Waals surface area contributed by atoms with Crippen molar-refractivity contribution in [2.45, 2.75) is 56.9 Å². The van der Waals surface area contributed by atoms with E-state index in [-0.39, 0.29) is 29.9 Å². The molecular formula is C26H32ClN3O6S. The van der Waals surface area contributed by atoms with E-state index >= 15 is 0 Å². The molecule has 1 aromatic heterocycles. The molecule has 0 bridgehead atoms. The maximum absolute atomic E-state index is 13.2. The third-order valence-corrected chi connectivity index (χ3v) is 8.24. The largest absolute Gasteiger partial charge is 0.480 e. The lowest BCUT2D eigenvalue weighted by Gasteiger charge is -2.24. The van der Waals surface area contributed by atoms with Crippen LogP contribution in [0.2, 0.25) is 5.15 Å². The molecule has 11 heteroatoms. The van der Waals surface area contributed by atoms with Crippen LogP contribution in [0.4, 0.5) is 0 Å². The molecular weight excluding hydrogens is 518 g/mol. The van der Waals surface area contributed by atoms with Gasteiger partial charge in [-0.1, -0.05) is 67.4 Å². The number of sulfonamides is 1. The van der Waals surface area contributed by atoms with E-state index in [9.17, 15) is 23.4 Å². The molecule has 9 nitrogen and oxygen atoms in total. The van der Waals surface area contributed by atoms with Gasteiger partial charge >= 0.3 is 5.97 Å². The number of aryl methyl sites for hydroxylation is 1. The summed E-state index contributed by atoms with van der Waals surface area (Å²) in [7, 11) is -2.87. The van der Waals surface area contributed by atoms with Gasteiger partial charge in [-0.25, -0.2) is 13.4 Å². The molecule has 0 spiro atoms. The minimum atomic E-state index is -4.10. The summed E-state index contributed by atoms with van der Waals surface area (Å²) in [4.78, 5) is 16.2. The van der Waals surface area contributed by atoms with Gasteiger partial charge in [0.1, 0.15) is 11.9 Å². The van der Waals surface area contributed by atoms with Gasteiger partial charge in [0.2, 0.25) is 10.0 Å². The number of aliphatic hydroxyl groups is 1. The first-order valence-corrected chi connectivity index (χ1v) is 13.8. The first-order chi connectivity index (χ1) is 17.7. The van der Waals surface area contributed by atoms with Gasteiger partial charge in [-0.05, 0) is 29.7 Å². The number of hydrogen-bond donors (Lipinski definition) is 2. The number of carbonyl (C=O) groups is 1. The van der Waals surface area contributed by atoms with Crippen LogP contribution < -0.4 is 0 Å². The highest BCUT2D eigenvalue weighted by Gasteiger charge is 2.33. The van der Waals surface area contributed by atoms with Crippen LogP contribution in [0.3, 0.4) is 0 Å². The highest BCUT2D eigenvalue weighted by molar-refractivity contribution is 7.89. The summed E-state index contributed by atoms with van der Waals surface area (Å²) in [5.74, 6) is -0.545. The number of aliphatic carboxylic acids is 1. The van der Waals surface area contributed by atoms with Crippen LogP contribution in [0.5, 0.6) is 0 Å². The molecule has 0 aliphatic rings. The second-order valence-corrected chi connectivity index (χ2v) is 11.0. The predicted molar refractivity (Wildman–Crippen MR) is 140 cm³/mol. The van der Waals surface area contributed by atoms with E-state index in [1.54, 1.807) is 12.1 Å². The number of likely N-dealkylation sites (N-methyl/N-ethyl adjacent to an activating group) is 1. The molecule has 1 heterocycles. The van der Waals surface area contributed by atoms with Gasteiger partial charge in [0, 0.05) is 20.0 Å². The molecule has 0 aliphatic heterocycles. The molecule has 0 saturated carbocycles. The number of carboxylic acids is 1. The maximum atomic E-state index is 13.2. The molecule has 200 valence electrons. The Morgan fingerprint density at radius 2 is 1.81 bits per heavy atom. The fourth-order valence-corrected chi connectivity index (χ4v) is 5.40. The average Bonchev–Trinajstić information content (AvgIpc) is 3.19. The summed E-state index contributed by atoms with van der Waals surface area (Å²) < 4.78 is 34.6. The number of unbranched alkanes of at least 4 members (excludes halogenated alkanes) is 1. The fourth-order valence-electron chi connectivity index (χ4n) is 3.85. The first kappa shape index (κ1) is 28.8. The number of hydrogen-bond acceptors (Lipinski definition) is 6. The summed E-state index contributed by atoms with van der Waals surface area (Å²) in [6, 6.07) is 14.0. The number of imidazole rings is 1. The van der Waals surface area contributed by atoms with E-state index in [4.69, 9.17) is 16.3 Å². The highest BCUT2D eigenvalue weighted by Crippen LogP contribution is 2.23. The monoisotopic (exact) mass is 549 g/mol. The maximum Gasteiger partial charge on any atom is 0.324 e. The summed E-state index contributed by atoms with van der Waals surface area (Å²) in [5, 5.41) is 19.7. The lowest BCUT2D eigenvalue weighted by atomic mass is 10.2. The smallest absolute Gasteiger partial charge is 0.324 e. The Hall–Kier alpha value is -2.76. The van der Waals surface area contributed by atoms with Crippen molar-refractivity contribution >= 4 is 27.6 Å². The van der Waals surface area contributed by atoms with Gasteiger partial charge in [0.25, 0.3) is 0 Å². The van der Waals surface area contributed by atoms with Crippen molar-refractivity contribution in [1.82, 2.24) is 13.9 Å². The van der Waals surface area contributed by atoms with E-state index in [0.29, 0.717) is 18.7 Å². The Morgan fingerprint density at radius 1 is 1.14 bits per heavy atom. The minimum Gasteiger partial charge on any atom is -0.480 e. The van der Waals surface area contributed by atoms with Crippen molar-refractivity contribution in [2.24, 2.45) is 0 Å². The van der Waals surface area contributed by atoms with Crippen molar-refractivity contribution in [3.8, 4) is 0 Å². The SMILES string of the molecule is CCCCc1nc(Cl)c(CO)n1Cc1ccc(S(=O)(=O)N(C)C(COCc2ccccc2)C(=O)O)cc1. The van der Waals surface area contributed by atoms with Crippen LogP contribution in [0.1, 0.15) is 42.4 Å². The lowest BCUT2D eigenvalue weighted by molar-refractivity contribution is -0.143. The Kier molecular flexibility index (Phi) is 10.2. The van der Waals surface area contributed by atoms with E-state index in [1.807, 2.05) is 34.9 Å². The standard InChI is InChI=1S/C26H32ClN3O6S/c1-3-4-10-24-28-25(27)22(16-31)30(24)15-19-11-13-21(14-12-19)37(34,35)29(2)23(26(32)33)18-36-17-20-8-6-5-7-9-20/h5-9,11-14,23,31H,3-4,10,15-18H2,1-2H3,(H,32,33). The summed E-state index contributed by atoms with van der Waals surface area (Å²) >= 11 is 6.21. The normalized spacial score (nSPS) is 12.7. The average molecular weight is 550 g/mol. The number of aromatic nitrogens is 2. The molecule has 3 aromatic rings. The number of nitrogens with zero attached hydrogens (tertiary/aromatic N) is 3. The van der Waals surface area contributed by atoms with Crippen molar-refractivity contribution in [3.05, 3.63) is 82.4 Å². The molecule has 0 saturated heterocycles. The third-order valence-electron chi connectivity index (χ3n) is 6.06. The predicted octanol–water partition coefficient (Wildman–Crippen LogP) is 3.71. The van der Waals surface area contributed by atoms with Gasteiger partial charge in [-0.3, -0.25) is 4.79 Å². The number of carboxylic acid groups (broad SMARTS) is 1. The zero-order valence-corrected chi connectivity index (χ0v) is 22.5. The van der Waals surface area contributed by atoms with Gasteiger partial charge in [-0.2, -0.15) is 4.31 Å². The minimum absolute atomic E-state index is 0.0367. The van der Waals surface area contributed by atoms with Crippen LogP contribution in [-0.4, -0.2) is 58.2 Å². The van der Waals surface area contributed by atoms with Gasteiger partial charge in [0.05, 0.1) is 30.4 Å². The molecule has 3 rings (SSSR count). The number of halogens is 1. The Labute approximate surface area is 222 Å². The molecule has 2 N–H and O–H groups in total. The molecule has 0 aliphatic carbocycles. The Balaban J connectivity index is 1.74. The fraction of sp³-hybridized carbons (Fsp3) is 0.385. The summed E-state index contributed by atoms with van der Waals surface area (Å²) in [5.41, 5.74) is 2.14. The Morgan fingerprint density at radius 3 is 2.41 bits per heavy atom. The van der Waals surface area contributed by atoms with E-state index in [2.05, 4.69) is 11.9 Å². The topological polar surface area (TPSA) is 122 Å². The molecule has 0 radical (unpaired) electrons. The number of aliphatic hydroxyl groups excluding tert-OH is 1. The van der Waals surface area contributed by atoms with Crippen LogP contribution >= 0.6 is 11.6 Å². The summed E-state index contributed by atoms with van der Waals surface area (Å²) in [6.07, 6.45) is 2.60. The van der Waals surface area contributed by atoms with Gasteiger partial charge in [-0.15, -0.1) is 0 Å². The lowest BCUT2D eigenvalue weighted by Crippen LogP contribution is -2.45. The van der Waals surface area contributed by atoms with Gasteiger partial charge < -0.3 is 19.5 Å².